The molecule has 128 valence electrons. The van der Waals surface area contributed by atoms with Crippen LogP contribution >= 0.6 is 11.6 Å². The number of aromatic nitrogens is 4. The van der Waals surface area contributed by atoms with Crippen LogP contribution in [0.15, 0.2) is 18.3 Å². The van der Waals surface area contributed by atoms with E-state index in [9.17, 15) is 4.79 Å². The van der Waals surface area contributed by atoms with Gasteiger partial charge < -0.3 is 15.2 Å². The van der Waals surface area contributed by atoms with E-state index in [4.69, 9.17) is 11.6 Å². The molecule has 2 N–H and O–H groups in total. The van der Waals surface area contributed by atoms with E-state index in [0.717, 1.165) is 37.5 Å². The molecule has 1 aliphatic rings. The lowest BCUT2D eigenvalue weighted by Gasteiger charge is -2.27. The minimum absolute atomic E-state index is 0.116. The Kier molecular flexibility index (Phi) is 5.11. The second-order valence-electron chi connectivity index (χ2n) is 5.97. The highest BCUT2D eigenvalue weighted by Crippen LogP contribution is 2.16. The molecule has 2 unspecified atom stereocenters. The summed E-state index contributed by atoms with van der Waals surface area (Å²) in [6.07, 6.45) is 4.19. The molecule has 3 heterocycles. The number of carbonyl (C=O) groups excluding carboxylic acids is 1. The molecule has 8 heteroatoms. The van der Waals surface area contributed by atoms with Gasteiger partial charge in [-0.25, -0.2) is 4.98 Å². The number of halogens is 1. The number of fused-ring (bicyclic) bond motifs is 1. The van der Waals surface area contributed by atoms with Crippen LogP contribution in [0.2, 0.25) is 5.02 Å². The first-order valence-corrected chi connectivity index (χ1v) is 8.54. The fourth-order valence-corrected chi connectivity index (χ4v) is 3.01. The van der Waals surface area contributed by atoms with Crippen LogP contribution in [0, 0.1) is 0 Å². The van der Waals surface area contributed by atoms with Gasteiger partial charge in [-0.2, -0.15) is 0 Å². The molecule has 0 saturated carbocycles. The van der Waals surface area contributed by atoms with Crippen molar-refractivity contribution < 1.29 is 4.79 Å². The van der Waals surface area contributed by atoms with E-state index in [2.05, 4.69) is 37.3 Å². The Morgan fingerprint density at radius 2 is 2.29 bits per heavy atom. The number of rotatable bonds is 5. The van der Waals surface area contributed by atoms with Crippen LogP contribution in [0.3, 0.4) is 0 Å². The third-order valence-corrected chi connectivity index (χ3v) is 4.42. The van der Waals surface area contributed by atoms with Crippen LogP contribution in [0.1, 0.15) is 31.9 Å². The molecule has 7 nitrogen and oxygen atoms in total. The zero-order chi connectivity index (χ0) is 17.1. The number of hydrogen-bond donors (Lipinski definition) is 2. The van der Waals surface area contributed by atoms with Crippen molar-refractivity contribution >= 4 is 23.3 Å². The van der Waals surface area contributed by atoms with Crippen molar-refractivity contribution in [3.63, 3.8) is 0 Å². The molecule has 2 aromatic heterocycles. The van der Waals surface area contributed by atoms with E-state index in [1.54, 1.807) is 12.1 Å². The Morgan fingerprint density at radius 1 is 1.46 bits per heavy atom. The maximum atomic E-state index is 12.3. The topological polar surface area (TPSA) is 84.7 Å². The first-order chi connectivity index (χ1) is 11.6. The molecule has 0 aromatic carbocycles. The van der Waals surface area contributed by atoms with Crippen molar-refractivity contribution in [1.29, 1.82) is 0 Å². The van der Waals surface area contributed by atoms with Gasteiger partial charge in [0.2, 0.25) is 5.91 Å². The average Bonchev–Trinajstić information content (AvgIpc) is 2.99. The Balaban J connectivity index is 1.57. The maximum absolute atomic E-state index is 12.3. The van der Waals surface area contributed by atoms with Gasteiger partial charge in [-0.15, -0.1) is 10.2 Å². The van der Waals surface area contributed by atoms with Gasteiger partial charge in [0.05, 0.1) is 11.1 Å². The Morgan fingerprint density at radius 3 is 3.00 bits per heavy atom. The number of nitrogens with zero attached hydrogens (tertiary/aromatic N) is 4. The normalized spacial score (nSPS) is 18.0. The van der Waals surface area contributed by atoms with Crippen molar-refractivity contribution in [3.05, 3.63) is 35.0 Å². The number of anilines is 1. The van der Waals surface area contributed by atoms with Crippen molar-refractivity contribution in [2.75, 3.05) is 5.32 Å². The van der Waals surface area contributed by atoms with Gasteiger partial charge >= 0.3 is 0 Å². The van der Waals surface area contributed by atoms with E-state index in [1.807, 2.05) is 6.92 Å². The van der Waals surface area contributed by atoms with Crippen LogP contribution in [0.5, 0.6) is 0 Å². The summed E-state index contributed by atoms with van der Waals surface area (Å²) in [5.74, 6) is 2.41. The largest absolute Gasteiger partial charge is 0.313 e. The van der Waals surface area contributed by atoms with Gasteiger partial charge in [-0.3, -0.25) is 4.79 Å². The molecule has 0 aliphatic carbocycles. The van der Waals surface area contributed by atoms with Gasteiger partial charge in [0.15, 0.2) is 0 Å². The Hall–Kier alpha value is -1.99. The van der Waals surface area contributed by atoms with E-state index < -0.39 is 0 Å². The number of hydrogen-bond acceptors (Lipinski definition) is 5. The molecular formula is C16H21ClN6O. The monoisotopic (exact) mass is 348 g/mol. The molecule has 1 amide bonds. The second-order valence-corrected chi connectivity index (χ2v) is 6.41. The predicted molar refractivity (Wildman–Crippen MR) is 92.0 cm³/mol. The van der Waals surface area contributed by atoms with Gasteiger partial charge in [0.1, 0.15) is 17.5 Å². The number of pyridine rings is 1. The SMILES string of the molecule is CCc1nnc2n1CC(NC(C)C(=O)Nc1ccc(Cl)cn1)CC2. The molecule has 0 fully saturated rings. The lowest BCUT2D eigenvalue weighted by atomic mass is 10.1. The average molecular weight is 349 g/mol. The summed E-state index contributed by atoms with van der Waals surface area (Å²) < 4.78 is 2.16. The number of amides is 1. The van der Waals surface area contributed by atoms with Crippen LogP contribution < -0.4 is 10.6 Å². The lowest BCUT2D eigenvalue weighted by molar-refractivity contribution is -0.118. The third-order valence-electron chi connectivity index (χ3n) is 4.20. The van der Waals surface area contributed by atoms with Crippen LogP contribution in [0.25, 0.3) is 0 Å². The summed E-state index contributed by atoms with van der Waals surface area (Å²) in [6.45, 7) is 4.72. The van der Waals surface area contributed by atoms with Crippen LogP contribution in [-0.4, -0.2) is 37.7 Å². The highest BCUT2D eigenvalue weighted by Gasteiger charge is 2.25. The number of nitrogens with one attached hydrogen (secondary N) is 2. The quantitative estimate of drug-likeness (QED) is 0.861. The fraction of sp³-hybridized carbons (Fsp3) is 0.500. The molecule has 0 saturated heterocycles. The van der Waals surface area contributed by atoms with Crippen molar-refractivity contribution in [1.82, 2.24) is 25.1 Å². The molecule has 24 heavy (non-hydrogen) atoms. The van der Waals surface area contributed by atoms with Crippen molar-refractivity contribution in [2.45, 2.75) is 51.7 Å². The summed E-state index contributed by atoms with van der Waals surface area (Å²) in [5, 5.41) is 15.2. The minimum atomic E-state index is -0.324. The smallest absolute Gasteiger partial charge is 0.242 e. The second kappa shape index (κ2) is 7.27. The number of aryl methyl sites for hydroxylation is 2. The standard InChI is InChI=1S/C16H21ClN6O/c1-3-14-21-22-15-7-5-12(9-23(14)15)19-10(2)16(24)20-13-6-4-11(17)8-18-13/h4,6,8,10,12,19H,3,5,7,9H2,1-2H3,(H,18,20,24). The zero-order valence-electron chi connectivity index (χ0n) is 13.8. The predicted octanol–water partition coefficient (Wildman–Crippen LogP) is 1.82. The molecule has 3 rings (SSSR count). The van der Waals surface area contributed by atoms with Crippen LogP contribution in [-0.2, 0) is 24.2 Å². The summed E-state index contributed by atoms with van der Waals surface area (Å²) in [6, 6.07) is 3.28. The van der Waals surface area contributed by atoms with E-state index >= 15 is 0 Å². The van der Waals surface area contributed by atoms with E-state index in [1.165, 1.54) is 6.20 Å². The highest BCUT2D eigenvalue weighted by atomic mass is 35.5. The fourth-order valence-electron chi connectivity index (χ4n) is 2.89. The molecule has 0 bridgehead atoms. The van der Waals surface area contributed by atoms with Gasteiger partial charge in [0.25, 0.3) is 0 Å². The third kappa shape index (κ3) is 3.73. The van der Waals surface area contributed by atoms with Gasteiger partial charge in [-0.1, -0.05) is 18.5 Å². The summed E-state index contributed by atoms with van der Waals surface area (Å²) in [4.78, 5) is 16.4. The molecule has 0 radical (unpaired) electrons. The van der Waals surface area contributed by atoms with Gasteiger partial charge in [0, 0.05) is 31.6 Å². The molecule has 0 spiro atoms. The highest BCUT2D eigenvalue weighted by molar-refractivity contribution is 6.30. The van der Waals surface area contributed by atoms with E-state index in [-0.39, 0.29) is 18.0 Å². The molecular weight excluding hydrogens is 328 g/mol. The van der Waals surface area contributed by atoms with Crippen LogP contribution in [0.4, 0.5) is 5.82 Å². The summed E-state index contributed by atoms with van der Waals surface area (Å²) >= 11 is 5.80. The zero-order valence-corrected chi connectivity index (χ0v) is 14.5. The molecule has 1 aliphatic heterocycles. The first kappa shape index (κ1) is 16.9. The minimum Gasteiger partial charge on any atom is -0.313 e. The lowest BCUT2D eigenvalue weighted by Crippen LogP contribution is -2.47. The molecule has 2 atom stereocenters. The van der Waals surface area contributed by atoms with Crippen molar-refractivity contribution in [3.8, 4) is 0 Å². The summed E-state index contributed by atoms with van der Waals surface area (Å²) in [5.41, 5.74) is 0. The summed E-state index contributed by atoms with van der Waals surface area (Å²) in [7, 11) is 0. The number of carbonyl (C=O) groups is 1. The van der Waals surface area contributed by atoms with Gasteiger partial charge in [-0.05, 0) is 25.5 Å². The Bertz CT molecular complexity index is 700. The maximum Gasteiger partial charge on any atom is 0.242 e. The molecule has 2 aromatic rings. The first-order valence-electron chi connectivity index (χ1n) is 8.16. The van der Waals surface area contributed by atoms with E-state index in [0.29, 0.717) is 10.8 Å². The Labute approximate surface area is 145 Å². The van der Waals surface area contributed by atoms with Crippen molar-refractivity contribution in [2.24, 2.45) is 0 Å².